The van der Waals surface area contributed by atoms with Crippen LogP contribution in [0.3, 0.4) is 0 Å². The van der Waals surface area contributed by atoms with E-state index in [1.807, 2.05) is 0 Å². The average Bonchev–Trinajstić information content (AvgIpc) is 2.91. The molecule has 0 N–H and O–H groups in total. The SMILES string of the molecule is CC(C)(C)C1=CC2(C=C(C(C)(C)C)C1=O)SC(CS(C)(=O)=O)SC21C=C(C(C)(C)C)C(=O)C(C(C)(C)C)=C1. The van der Waals surface area contributed by atoms with Crippen molar-refractivity contribution < 1.29 is 18.0 Å². The summed E-state index contributed by atoms with van der Waals surface area (Å²) in [5.74, 6) is 0.118. The van der Waals surface area contributed by atoms with Crippen molar-refractivity contribution in [2.75, 3.05) is 12.0 Å². The van der Waals surface area contributed by atoms with Gasteiger partial charge in [0, 0.05) is 28.5 Å². The van der Waals surface area contributed by atoms with Crippen molar-refractivity contribution in [1.82, 2.24) is 0 Å². The number of ketones is 2. The minimum Gasteiger partial charge on any atom is -0.289 e. The van der Waals surface area contributed by atoms with Crippen molar-refractivity contribution in [2.24, 2.45) is 21.7 Å². The maximum Gasteiger partial charge on any atom is 0.185 e. The highest BCUT2D eigenvalue weighted by Crippen LogP contribution is 2.66. The monoisotopic (exact) mass is 578 g/mol. The summed E-state index contributed by atoms with van der Waals surface area (Å²) in [5.41, 5.74) is 1.33. The van der Waals surface area contributed by atoms with Gasteiger partial charge in [-0.05, 0) is 21.7 Å². The van der Waals surface area contributed by atoms with Crippen LogP contribution in [0.2, 0.25) is 0 Å². The lowest BCUT2D eigenvalue weighted by Crippen LogP contribution is -2.48. The zero-order valence-corrected chi connectivity index (χ0v) is 27.9. The summed E-state index contributed by atoms with van der Waals surface area (Å²) in [6, 6.07) is 0. The summed E-state index contributed by atoms with van der Waals surface area (Å²) in [7, 11) is -3.27. The van der Waals surface area contributed by atoms with Gasteiger partial charge < -0.3 is 0 Å². The minimum atomic E-state index is -3.27. The molecule has 2 spiro atoms. The number of thioether (sulfide) groups is 2. The molecule has 1 fully saturated rings. The van der Waals surface area contributed by atoms with Crippen LogP contribution in [0.4, 0.5) is 0 Å². The number of sulfone groups is 1. The fourth-order valence-corrected chi connectivity index (χ4v) is 11.4. The molecule has 0 atom stereocenters. The van der Waals surface area contributed by atoms with E-state index in [9.17, 15) is 18.0 Å². The molecule has 2 aliphatic carbocycles. The summed E-state index contributed by atoms with van der Waals surface area (Å²) >= 11 is 3.23. The lowest BCUT2D eigenvalue weighted by molar-refractivity contribution is -0.115. The van der Waals surface area contributed by atoms with Gasteiger partial charge in [0.15, 0.2) is 11.6 Å². The molecular weight excluding hydrogens is 533 g/mol. The van der Waals surface area contributed by atoms with Crippen molar-refractivity contribution in [3.05, 3.63) is 46.6 Å². The molecule has 0 bridgehead atoms. The molecule has 38 heavy (non-hydrogen) atoms. The highest BCUT2D eigenvalue weighted by atomic mass is 32.2. The number of allylic oxidation sites excluding steroid dienone is 4. The van der Waals surface area contributed by atoms with Crippen LogP contribution in [-0.4, -0.2) is 46.1 Å². The molecule has 0 unspecified atom stereocenters. The third-order valence-electron chi connectivity index (χ3n) is 7.35. The zero-order chi connectivity index (χ0) is 29.5. The molecule has 7 heteroatoms. The van der Waals surface area contributed by atoms with Crippen molar-refractivity contribution in [1.29, 1.82) is 0 Å². The van der Waals surface area contributed by atoms with Crippen LogP contribution in [0.25, 0.3) is 0 Å². The molecule has 212 valence electrons. The van der Waals surface area contributed by atoms with Crippen LogP contribution in [0.15, 0.2) is 46.6 Å². The second-order valence-electron chi connectivity index (χ2n) is 15.2. The van der Waals surface area contributed by atoms with Crippen LogP contribution >= 0.6 is 23.5 Å². The highest BCUT2D eigenvalue weighted by Gasteiger charge is 2.61. The van der Waals surface area contributed by atoms with Gasteiger partial charge in [-0.3, -0.25) is 9.59 Å². The lowest BCUT2D eigenvalue weighted by atomic mass is 9.65. The van der Waals surface area contributed by atoms with Crippen molar-refractivity contribution in [2.45, 2.75) is 97.2 Å². The topological polar surface area (TPSA) is 68.3 Å². The van der Waals surface area contributed by atoms with Gasteiger partial charge in [0.05, 0.1) is 19.8 Å². The predicted octanol–water partition coefficient (Wildman–Crippen LogP) is 7.37. The Morgan fingerprint density at radius 1 is 0.605 bits per heavy atom. The summed E-state index contributed by atoms with van der Waals surface area (Å²) in [6.45, 7) is 24.7. The number of Topliss-reactive ketones (excluding diaryl/α,β-unsaturated/α-hetero) is 2. The molecule has 0 aromatic heterocycles. The first-order chi connectivity index (χ1) is 16.7. The molecule has 1 aliphatic heterocycles. The van der Waals surface area contributed by atoms with Crippen molar-refractivity contribution in [3.8, 4) is 0 Å². The second kappa shape index (κ2) is 9.24. The second-order valence-corrected chi connectivity index (χ2v) is 20.7. The van der Waals surface area contributed by atoms with E-state index < -0.39 is 41.0 Å². The molecule has 1 heterocycles. The van der Waals surface area contributed by atoms with Gasteiger partial charge in [0.25, 0.3) is 0 Å². The summed E-state index contributed by atoms with van der Waals surface area (Å²) in [4.78, 5) is 27.8. The van der Waals surface area contributed by atoms with Crippen LogP contribution in [0.5, 0.6) is 0 Å². The van der Waals surface area contributed by atoms with E-state index in [0.29, 0.717) is 0 Å². The summed E-state index contributed by atoms with van der Waals surface area (Å²) < 4.78 is 23.3. The predicted molar refractivity (Wildman–Crippen MR) is 164 cm³/mol. The Labute approximate surface area is 239 Å². The number of hydrogen-bond donors (Lipinski definition) is 0. The number of rotatable bonds is 2. The van der Waals surface area contributed by atoms with E-state index in [1.54, 1.807) is 23.5 Å². The molecule has 0 radical (unpaired) electrons. The highest BCUT2D eigenvalue weighted by molar-refractivity contribution is 8.22. The van der Waals surface area contributed by atoms with Gasteiger partial charge in [0.1, 0.15) is 9.84 Å². The van der Waals surface area contributed by atoms with E-state index in [2.05, 4.69) is 107 Å². The first-order valence-corrected chi connectivity index (χ1v) is 17.1. The third-order valence-corrected chi connectivity index (χ3v) is 12.2. The first-order valence-electron chi connectivity index (χ1n) is 13.3. The Balaban J connectivity index is 2.51. The van der Waals surface area contributed by atoms with E-state index in [0.717, 1.165) is 22.3 Å². The van der Waals surface area contributed by atoms with Crippen molar-refractivity contribution in [3.63, 3.8) is 0 Å². The standard InChI is InChI=1S/C31H46O4S3/c1-26(2,3)19-14-30(15-20(24(19)32)27(4,5)6)31(37-23(36-30)18-38(13,34)35)16-21(28(7,8)9)25(33)22(17-31)29(10,11)12/h14-17,23H,18H2,1-13H3. The molecule has 0 aromatic rings. The Morgan fingerprint density at radius 2 is 0.842 bits per heavy atom. The van der Waals surface area contributed by atoms with Gasteiger partial charge in [-0.15, -0.1) is 23.5 Å². The maximum absolute atomic E-state index is 13.9. The van der Waals surface area contributed by atoms with Crippen LogP contribution in [0, 0.1) is 21.7 Å². The minimum absolute atomic E-state index is 0.0164. The fourth-order valence-electron chi connectivity index (χ4n) is 5.27. The Hall–Kier alpha value is -1.05. The largest absolute Gasteiger partial charge is 0.289 e. The van der Waals surface area contributed by atoms with Crippen LogP contribution < -0.4 is 0 Å². The summed E-state index contributed by atoms with van der Waals surface area (Å²) in [5, 5.41) is 0. The van der Waals surface area contributed by atoms with Gasteiger partial charge in [0.2, 0.25) is 0 Å². The molecule has 3 aliphatic rings. The number of fused-ring (bicyclic) bond motifs is 1. The van der Waals surface area contributed by atoms with Gasteiger partial charge in [-0.1, -0.05) is 107 Å². The van der Waals surface area contributed by atoms with E-state index in [-0.39, 0.29) is 21.9 Å². The Bertz CT molecular complexity index is 1130. The molecule has 0 aromatic carbocycles. The van der Waals surface area contributed by atoms with Gasteiger partial charge >= 0.3 is 0 Å². The zero-order valence-electron chi connectivity index (χ0n) is 25.5. The quantitative estimate of drug-likeness (QED) is 0.341. The smallest absolute Gasteiger partial charge is 0.185 e. The molecule has 4 nitrogen and oxygen atoms in total. The van der Waals surface area contributed by atoms with Gasteiger partial charge in [-0.2, -0.15) is 0 Å². The Morgan fingerprint density at radius 3 is 1.03 bits per heavy atom. The fraction of sp³-hybridized carbons (Fsp3) is 0.677. The molecule has 3 rings (SSSR count). The number of carbonyl (C=O) groups excluding carboxylic acids is 2. The Kier molecular flexibility index (Phi) is 7.65. The van der Waals surface area contributed by atoms with Crippen molar-refractivity contribution >= 4 is 44.9 Å². The third kappa shape index (κ3) is 5.85. The van der Waals surface area contributed by atoms with Crippen LogP contribution in [-0.2, 0) is 19.4 Å². The lowest BCUT2D eigenvalue weighted by Gasteiger charge is -2.46. The number of carbonyl (C=O) groups is 2. The molecular formula is C31H46O4S3. The van der Waals surface area contributed by atoms with E-state index >= 15 is 0 Å². The maximum atomic E-state index is 13.9. The van der Waals surface area contributed by atoms with E-state index in [1.165, 1.54) is 6.26 Å². The van der Waals surface area contributed by atoms with Gasteiger partial charge in [-0.25, -0.2) is 8.42 Å². The normalized spacial score (nSPS) is 23.0. The summed E-state index contributed by atoms with van der Waals surface area (Å²) in [6.07, 6.45) is 9.70. The van der Waals surface area contributed by atoms with E-state index in [4.69, 9.17) is 0 Å². The average molecular weight is 579 g/mol. The number of hydrogen-bond acceptors (Lipinski definition) is 6. The molecule has 0 saturated carbocycles. The molecule has 1 saturated heterocycles. The van der Waals surface area contributed by atoms with Crippen LogP contribution in [0.1, 0.15) is 83.1 Å². The first kappa shape index (κ1) is 31.5. The molecule has 0 amide bonds.